The highest BCUT2D eigenvalue weighted by molar-refractivity contribution is 5.80. The van der Waals surface area contributed by atoms with E-state index in [-0.39, 0.29) is 5.91 Å². The summed E-state index contributed by atoms with van der Waals surface area (Å²) >= 11 is 0. The lowest BCUT2D eigenvalue weighted by molar-refractivity contribution is -0.127. The van der Waals surface area contributed by atoms with Crippen molar-refractivity contribution in [2.75, 3.05) is 0 Å². The maximum absolute atomic E-state index is 11.9. The van der Waals surface area contributed by atoms with Crippen molar-refractivity contribution in [3.63, 3.8) is 0 Å². The molecule has 0 aliphatic carbocycles. The summed E-state index contributed by atoms with van der Waals surface area (Å²) in [6, 6.07) is 11.4. The Labute approximate surface area is 118 Å². The van der Waals surface area contributed by atoms with Crippen LogP contribution in [0.4, 0.5) is 0 Å². The van der Waals surface area contributed by atoms with Crippen LogP contribution < -0.4 is 10.1 Å². The van der Waals surface area contributed by atoms with Gasteiger partial charge in [-0.2, -0.15) is 0 Å². The summed E-state index contributed by atoms with van der Waals surface area (Å²) in [6.07, 6.45) is 2.88. The number of carbonyl (C=O) groups is 1. The first-order valence-corrected chi connectivity index (χ1v) is 6.55. The van der Waals surface area contributed by atoms with Gasteiger partial charge in [-0.25, -0.2) is 0 Å². The van der Waals surface area contributed by atoms with Crippen molar-refractivity contribution in [3.05, 3.63) is 59.9 Å². The summed E-state index contributed by atoms with van der Waals surface area (Å²) in [4.78, 5) is 15.9. The van der Waals surface area contributed by atoms with E-state index in [4.69, 9.17) is 4.74 Å². The number of benzene rings is 1. The molecule has 104 valence electrons. The van der Waals surface area contributed by atoms with E-state index in [9.17, 15) is 4.79 Å². The van der Waals surface area contributed by atoms with Crippen LogP contribution in [0.3, 0.4) is 0 Å². The summed E-state index contributed by atoms with van der Waals surface area (Å²) in [5, 5.41) is 2.84. The number of rotatable bonds is 5. The number of ether oxygens (including phenoxy) is 1. The normalized spacial score (nSPS) is 11.7. The molecule has 4 nitrogen and oxygen atoms in total. The van der Waals surface area contributed by atoms with E-state index in [2.05, 4.69) is 10.3 Å². The summed E-state index contributed by atoms with van der Waals surface area (Å²) in [6.45, 7) is 4.22. The fourth-order valence-corrected chi connectivity index (χ4v) is 1.71. The van der Waals surface area contributed by atoms with Crippen molar-refractivity contribution >= 4 is 5.91 Å². The van der Waals surface area contributed by atoms with Gasteiger partial charge in [-0.1, -0.05) is 17.7 Å². The molecule has 0 spiro atoms. The van der Waals surface area contributed by atoms with Crippen LogP contribution in [0.25, 0.3) is 0 Å². The predicted octanol–water partition coefficient (Wildman–Crippen LogP) is 2.47. The average Bonchev–Trinajstić information content (AvgIpc) is 2.48. The van der Waals surface area contributed by atoms with Crippen molar-refractivity contribution in [1.29, 1.82) is 0 Å². The number of aryl methyl sites for hydroxylation is 1. The van der Waals surface area contributed by atoms with Crippen LogP contribution in [-0.2, 0) is 11.3 Å². The Bertz CT molecular complexity index is 552. The Morgan fingerprint density at radius 2 is 1.85 bits per heavy atom. The molecule has 0 aliphatic heterocycles. The van der Waals surface area contributed by atoms with Crippen LogP contribution >= 0.6 is 0 Å². The third-order valence-electron chi connectivity index (χ3n) is 2.92. The lowest BCUT2D eigenvalue weighted by Crippen LogP contribution is -2.35. The zero-order chi connectivity index (χ0) is 14.4. The van der Waals surface area contributed by atoms with E-state index in [0.717, 1.165) is 11.1 Å². The average molecular weight is 270 g/mol. The highest BCUT2D eigenvalue weighted by Crippen LogP contribution is 2.13. The lowest BCUT2D eigenvalue weighted by Gasteiger charge is -2.14. The largest absolute Gasteiger partial charge is 0.481 e. The van der Waals surface area contributed by atoms with Crippen LogP contribution in [0, 0.1) is 6.92 Å². The van der Waals surface area contributed by atoms with Gasteiger partial charge < -0.3 is 10.1 Å². The molecule has 2 rings (SSSR count). The molecule has 0 unspecified atom stereocenters. The molecule has 1 heterocycles. The summed E-state index contributed by atoms with van der Waals surface area (Å²) in [7, 11) is 0. The molecular weight excluding hydrogens is 252 g/mol. The Kier molecular flexibility index (Phi) is 4.71. The summed E-state index contributed by atoms with van der Waals surface area (Å²) in [5.74, 6) is 0.560. The fraction of sp³-hybridized carbons (Fsp3) is 0.250. The summed E-state index contributed by atoms with van der Waals surface area (Å²) < 4.78 is 5.60. The first-order valence-electron chi connectivity index (χ1n) is 6.55. The number of hydrogen-bond acceptors (Lipinski definition) is 3. The van der Waals surface area contributed by atoms with E-state index in [0.29, 0.717) is 12.3 Å². The molecule has 1 amide bonds. The van der Waals surface area contributed by atoms with Gasteiger partial charge in [-0.15, -0.1) is 0 Å². The number of nitrogens with zero attached hydrogens (tertiary/aromatic N) is 1. The van der Waals surface area contributed by atoms with Gasteiger partial charge in [0, 0.05) is 18.9 Å². The molecule has 1 atom stereocenters. The monoisotopic (exact) mass is 270 g/mol. The van der Waals surface area contributed by atoms with Gasteiger partial charge in [-0.3, -0.25) is 9.78 Å². The number of carbonyl (C=O) groups excluding carboxylic acids is 1. The van der Waals surface area contributed by atoms with Crippen molar-refractivity contribution < 1.29 is 9.53 Å². The topological polar surface area (TPSA) is 51.2 Å². The Hall–Kier alpha value is -2.36. The minimum absolute atomic E-state index is 0.137. The van der Waals surface area contributed by atoms with Gasteiger partial charge in [0.2, 0.25) is 0 Å². The van der Waals surface area contributed by atoms with E-state index in [1.807, 2.05) is 43.3 Å². The number of pyridine rings is 1. The van der Waals surface area contributed by atoms with Crippen LogP contribution in [-0.4, -0.2) is 17.0 Å². The highest BCUT2D eigenvalue weighted by atomic mass is 16.5. The number of amides is 1. The molecule has 0 radical (unpaired) electrons. The Balaban J connectivity index is 1.84. The van der Waals surface area contributed by atoms with Gasteiger partial charge in [0.1, 0.15) is 5.75 Å². The first kappa shape index (κ1) is 14.1. The smallest absolute Gasteiger partial charge is 0.261 e. The van der Waals surface area contributed by atoms with Gasteiger partial charge >= 0.3 is 0 Å². The molecule has 1 N–H and O–H groups in total. The minimum atomic E-state index is -0.528. The molecule has 0 fully saturated rings. The van der Waals surface area contributed by atoms with E-state index in [1.54, 1.807) is 19.3 Å². The standard InChI is InChI=1S/C16H18N2O2/c1-12-3-5-15(6-4-12)20-13(2)16(19)18-11-14-7-9-17-10-8-14/h3-10,13H,11H2,1-2H3,(H,18,19)/t13-/m1/s1. The van der Waals surface area contributed by atoms with Crippen molar-refractivity contribution in [2.45, 2.75) is 26.5 Å². The Morgan fingerprint density at radius 1 is 1.20 bits per heavy atom. The number of aromatic nitrogens is 1. The second kappa shape index (κ2) is 6.70. The van der Waals surface area contributed by atoms with Gasteiger partial charge in [-0.05, 0) is 43.7 Å². The van der Waals surface area contributed by atoms with Crippen LogP contribution in [0.2, 0.25) is 0 Å². The Morgan fingerprint density at radius 3 is 2.50 bits per heavy atom. The van der Waals surface area contributed by atoms with Crippen LogP contribution in [0.15, 0.2) is 48.8 Å². The van der Waals surface area contributed by atoms with Gasteiger partial charge in [0.05, 0.1) is 0 Å². The second-order valence-electron chi connectivity index (χ2n) is 4.65. The predicted molar refractivity (Wildman–Crippen MR) is 77.4 cm³/mol. The first-order chi connectivity index (χ1) is 9.65. The van der Waals surface area contributed by atoms with Crippen molar-refractivity contribution in [2.24, 2.45) is 0 Å². The third-order valence-corrected chi connectivity index (χ3v) is 2.92. The molecular formula is C16H18N2O2. The molecule has 0 bridgehead atoms. The summed E-state index contributed by atoms with van der Waals surface area (Å²) in [5.41, 5.74) is 2.17. The molecule has 1 aromatic heterocycles. The highest BCUT2D eigenvalue weighted by Gasteiger charge is 2.13. The SMILES string of the molecule is Cc1ccc(O[C@H](C)C(=O)NCc2ccncc2)cc1. The number of hydrogen-bond donors (Lipinski definition) is 1. The quantitative estimate of drug-likeness (QED) is 0.908. The zero-order valence-electron chi connectivity index (χ0n) is 11.7. The van der Waals surface area contributed by atoms with Crippen LogP contribution in [0.5, 0.6) is 5.75 Å². The van der Waals surface area contributed by atoms with Gasteiger partial charge in [0.25, 0.3) is 5.91 Å². The molecule has 0 saturated heterocycles. The minimum Gasteiger partial charge on any atom is -0.481 e. The van der Waals surface area contributed by atoms with E-state index >= 15 is 0 Å². The molecule has 2 aromatic rings. The van der Waals surface area contributed by atoms with Crippen molar-refractivity contribution in [1.82, 2.24) is 10.3 Å². The zero-order valence-corrected chi connectivity index (χ0v) is 11.7. The molecule has 4 heteroatoms. The fourth-order valence-electron chi connectivity index (χ4n) is 1.71. The maximum atomic E-state index is 11.9. The maximum Gasteiger partial charge on any atom is 0.261 e. The molecule has 0 aliphatic rings. The van der Waals surface area contributed by atoms with E-state index < -0.39 is 6.10 Å². The second-order valence-corrected chi connectivity index (χ2v) is 4.65. The van der Waals surface area contributed by atoms with Crippen molar-refractivity contribution in [3.8, 4) is 5.75 Å². The third kappa shape index (κ3) is 4.09. The van der Waals surface area contributed by atoms with E-state index in [1.165, 1.54) is 0 Å². The van der Waals surface area contributed by atoms with Gasteiger partial charge in [0.15, 0.2) is 6.10 Å². The lowest BCUT2D eigenvalue weighted by atomic mass is 10.2. The molecule has 0 saturated carbocycles. The molecule has 1 aromatic carbocycles. The number of nitrogens with one attached hydrogen (secondary N) is 1. The molecule has 20 heavy (non-hydrogen) atoms. The van der Waals surface area contributed by atoms with Crippen LogP contribution in [0.1, 0.15) is 18.1 Å².